The van der Waals surface area contributed by atoms with E-state index in [9.17, 15) is 25.9 Å². The van der Waals surface area contributed by atoms with Gasteiger partial charge in [0.2, 0.25) is 5.52 Å². The number of anilines is 1. The SMILES string of the molecule is CCc1ccc2c(c1)N(CCCS(=O)(=O)O)C(=Cc1sc3ccc(Cl)cc3[n+]1CCCS(=O)(=O)O)S2. The normalized spacial score (nSPS) is 15.2. The Balaban J connectivity index is 1.74. The Labute approximate surface area is 224 Å². The summed E-state index contributed by atoms with van der Waals surface area (Å²) < 4.78 is 66.5. The molecule has 1 aromatic heterocycles. The van der Waals surface area contributed by atoms with Crippen LogP contribution in [-0.4, -0.2) is 44.0 Å². The molecule has 0 saturated carbocycles. The van der Waals surface area contributed by atoms with Gasteiger partial charge in [0, 0.05) is 29.0 Å². The number of aryl methyl sites for hydroxylation is 2. The number of thiazole rings is 1. The van der Waals surface area contributed by atoms with E-state index in [0.29, 0.717) is 18.1 Å². The molecule has 1 aliphatic rings. The van der Waals surface area contributed by atoms with Crippen molar-refractivity contribution >= 4 is 76.9 Å². The lowest BCUT2D eigenvalue weighted by atomic mass is 10.1. The molecule has 0 aliphatic carbocycles. The van der Waals surface area contributed by atoms with Crippen LogP contribution in [0, 0.1) is 0 Å². The van der Waals surface area contributed by atoms with Crippen molar-refractivity contribution in [2.45, 2.75) is 37.6 Å². The molecule has 0 radical (unpaired) electrons. The van der Waals surface area contributed by atoms with Crippen LogP contribution in [0.15, 0.2) is 46.3 Å². The van der Waals surface area contributed by atoms with Gasteiger partial charge in [-0.25, -0.2) is 0 Å². The van der Waals surface area contributed by atoms with Gasteiger partial charge in [0.1, 0.15) is 4.70 Å². The Morgan fingerprint density at radius 2 is 1.75 bits per heavy atom. The molecule has 8 nitrogen and oxygen atoms in total. The summed E-state index contributed by atoms with van der Waals surface area (Å²) in [5.74, 6) is -0.684. The Morgan fingerprint density at radius 1 is 1.03 bits per heavy atom. The molecule has 0 fully saturated rings. The number of halogens is 1. The van der Waals surface area contributed by atoms with Crippen LogP contribution in [0.25, 0.3) is 16.3 Å². The van der Waals surface area contributed by atoms with E-state index in [1.54, 1.807) is 17.8 Å². The third-order valence-electron chi connectivity index (χ3n) is 5.71. The number of hydrogen-bond donors (Lipinski definition) is 2. The fourth-order valence-electron chi connectivity index (χ4n) is 4.03. The Hall–Kier alpha value is -1.67. The highest BCUT2D eigenvalue weighted by molar-refractivity contribution is 8.04. The molecule has 2 heterocycles. The largest absolute Gasteiger partial charge is 0.335 e. The molecule has 0 amide bonds. The molecule has 4 rings (SSSR count). The van der Waals surface area contributed by atoms with Gasteiger partial charge in [-0.3, -0.25) is 9.11 Å². The summed E-state index contributed by atoms with van der Waals surface area (Å²) in [5, 5.41) is 2.33. The lowest BCUT2D eigenvalue weighted by Gasteiger charge is -2.20. The molecular formula is C23H26ClN2O6S4+. The number of benzene rings is 2. The van der Waals surface area contributed by atoms with Gasteiger partial charge in [-0.2, -0.15) is 21.4 Å². The van der Waals surface area contributed by atoms with E-state index in [-0.39, 0.29) is 24.3 Å². The summed E-state index contributed by atoms with van der Waals surface area (Å²) in [6.45, 7) is 2.83. The van der Waals surface area contributed by atoms with Crippen molar-refractivity contribution in [2.75, 3.05) is 23.0 Å². The molecule has 0 atom stereocenters. The van der Waals surface area contributed by atoms with E-state index in [4.69, 9.17) is 11.6 Å². The van der Waals surface area contributed by atoms with Crippen molar-refractivity contribution in [1.82, 2.24) is 0 Å². The average molecular weight is 590 g/mol. The van der Waals surface area contributed by atoms with Crippen molar-refractivity contribution in [2.24, 2.45) is 0 Å². The lowest BCUT2D eigenvalue weighted by molar-refractivity contribution is -0.668. The van der Waals surface area contributed by atoms with Gasteiger partial charge in [-0.15, -0.1) is 0 Å². The minimum Gasteiger partial charge on any atom is -0.335 e. The van der Waals surface area contributed by atoms with Crippen molar-refractivity contribution < 1.29 is 30.5 Å². The highest BCUT2D eigenvalue weighted by Crippen LogP contribution is 2.47. The molecule has 2 aromatic carbocycles. The molecule has 0 spiro atoms. The highest BCUT2D eigenvalue weighted by Gasteiger charge is 2.28. The standard InChI is InChI=1S/C23H25ClN2O6S4/c1-2-16-5-7-20-18(13-16)25(9-3-11-35(27,28)29)22(33-20)15-23-26(10-4-12-36(30,31)32)19-14-17(24)6-8-21(19)34-23/h5-8,13-15H,2-4,9-12H2,1H3,(H-,27,28,29,30,31,32)/p+1. The predicted octanol–water partition coefficient (Wildman–Crippen LogP) is 4.87. The van der Waals surface area contributed by atoms with E-state index in [2.05, 4.69) is 30.0 Å². The first-order valence-corrected chi connectivity index (χ1v) is 16.5. The molecule has 0 saturated heterocycles. The van der Waals surface area contributed by atoms with Gasteiger partial charge in [-0.1, -0.05) is 47.7 Å². The lowest BCUT2D eigenvalue weighted by Crippen LogP contribution is -2.36. The molecular weight excluding hydrogens is 564 g/mol. The second-order valence-corrected chi connectivity index (χ2v) is 14.1. The number of rotatable bonds is 10. The van der Waals surface area contributed by atoms with Gasteiger partial charge in [0.25, 0.3) is 25.2 Å². The number of nitrogens with zero attached hydrogens (tertiary/aromatic N) is 2. The molecule has 36 heavy (non-hydrogen) atoms. The van der Waals surface area contributed by atoms with Crippen LogP contribution >= 0.6 is 34.7 Å². The second-order valence-electron chi connectivity index (χ2n) is 8.38. The number of aromatic nitrogens is 1. The van der Waals surface area contributed by atoms with Crippen LogP contribution in [0.3, 0.4) is 0 Å². The Morgan fingerprint density at radius 3 is 2.44 bits per heavy atom. The van der Waals surface area contributed by atoms with Crippen molar-refractivity contribution in [1.29, 1.82) is 0 Å². The maximum absolute atomic E-state index is 11.3. The average Bonchev–Trinajstić information content (AvgIpc) is 3.29. The highest BCUT2D eigenvalue weighted by atomic mass is 35.5. The van der Waals surface area contributed by atoms with Crippen molar-refractivity contribution in [3.63, 3.8) is 0 Å². The second kappa shape index (κ2) is 11.0. The maximum Gasteiger partial charge on any atom is 0.265 e. The molecule has 13 heteroatoms. The summed E-state index contributed by atoms with van der Waals surface area (Å²) in [6.07, 6.45) is 3.35. The fraction of sp³-hybridized carbons (Fsp3) is 0.348. The van der Waals surface area contributed by atoms with Crippen LogP contribution < -0.4 is 9.47 Å². The number of thioether (sulfide) groups is 1. The van der Waals surface area contributed by atoms with Crippen molar-refractivity contribution in [3.8, 4) is 0 Å². The molecule has 1 aliphatic heterocycles. The molecule has 194 valence electrons. The van der Waals surface area contributed by atoms with Crippen LogP contribution in [0.1, 0.15) is 30.3 Å². The summed E-state index contributed by atoms with van der Waals surface area (Å²) >= 11 is 9.35. The number of fused-ring (bicyclic) bond motifs is 2. The third-order valence-corrected chi connectivity index (χ3v) is 9.78. The summed E-state index contributed by atoms with van der Waals surface area (Å²) in [5.41, 5.74) is 3.01. The van der Waals surface area contributed by atoms with E-state index in [0.717, 1.165) is 42.8 Å². The van der Waals surface area contributed by atoms with Gasteiger partial charge in [-0.05, 0) is 42.7 Å². The van der Waals surface area contributed by atoms with Crippen LogP contribution in [0.4, 0.5) is 5.69 Å². The first-order chi connectivity index (χ1) is 16.9. The Kier molecular flexibility index (Phi) is 8.35. The predicted molar refractivity (Wildman–Crippen MR) is 146 cm³/mol. The quantitative estimate of drug-likeness (QED) is 0.254. The van der Waals surface area contributed by atoms with Gasteiger partial charge >= 0.3 is 0 Å². The van der Waals surface area contributed by atoms with Gasteiger partial charge < -0.3 is 4.90 Å². The molecule has 0 bridgehead atoms. The van der Waals surface area contributed by atoms with Crippen molar-refractivity contribution in [3.05, 3.63) is 57.0 Å². The number of hydrogen-bond acceptors (Lipinski definition) is 7. The summed E-state index contributed by atoms with van der Waals surface area (Å²) in [4.78, 5) is 3.11. The maximum atomic E-state index is 11.3. The fourth-order valence-corrected chi connectivity index (χ4v) is 7.47. The summed E-state index contributed by atoms with van der Waals surface area (Å²) in [7, 11) is -8.15. The Bertz CT molecular complexity index is 1530. The first kappa shape index (κ1) is 27.4. The third kappa shape index (κ3) is 6.80. The molecule has 2 N–H and O–H groups in total. The zero-order valence-corrected chi connectivity index (χ0v) is 23.4. The van der Waals surface area contributed by atoms with Gasteiger partial charge in [0.05, 0.1) is 28.3 Å². The topological polar surface area (TPSA) is 116 Å². The van der Waals surface area contributed by atoms with E-state index in [1.165, 1.54) is 11.3 Å². The monoisotopic (exact) mass is 589 g/mol. The smallest absolute Gasteiger partial charge is 0.265 e. The zero-order chi connectivity index (χ0) is 26.1. The molecule has 0 unspecified atom stereocenters. The van der Waals surface area contributed by atoms with E-state index >= 15 is 0 Å². The minimum absolute atomic E-state index is 0.226. The summed E-state index contributed by atoms with van der Waals surface area (Å²) in [6, 6.07) is 11.8. The minimum atomic E-state index is -4.08. The zero-order valence-electron chi connectivity index (χ0n) is 19.4. The van der Waals surface area contributed by atoms with Gasteiger partial charge in [0.15, 0.2) is 6.54 Å². The van der Waals surface area contributed by atoms with E-state index in [1.807, 2.05) is 22.8 Å². The van der Waals surface area contributed by atoms with Crippen LogP contribution in [0.2, 0.25) is 5.02 Å². The van der Waals surface area contributed by atoms with Crippen LogP contribution in [0.5, 0.6) is 0 Å². The van der Waals surface area contributed by atoms with E-state index < -0.39 is 20.2 Å². The van der Waals surface area contributed by atoms with Crippen LogP contribution in [-0.2, 0) is 33.2 Å². The molecule has 3 aromatic rings. The first-order valence-electron chi connectivity index (χ1n) is 11.3.